The van der Waals surface area contributed by atoms with Gasteiger partial charge in [0.1, 0.15) is 35.7 Å². The van der Waals surface area contributed by atoms with Gasteiger partial charge in [-0.15, -0.1) is 0 Å². The summed E-state index contributed by atoms with van der Waals surface area (Å²) in [4.78, 5) is 22.3. The second-order valence-corrected chi connectivity index (χ2v) is 13.1. The first-order valence-corrected chi connectivity index (χ1v) is 17.1. The van der Waals surface area contributed by atoms with E-state index in [1.807, 2.05) is 77.6 Å². The molecule has 0 bridgehead atoms. The zero-order chi connectivity index (χ0) is 34.9. The van der Waals surface area contributed by atoms with E-state index >= 15 is 0 Å². The smallest absolute Gasteiger partial charge is 0.237 e. The van der Waals surface area contributed by atoms with E-state index in [-0.39, 0.29) is 0 Å². The van der Waals surface area contributed by atoms with Crippen molar-refractivity contribution in [3.8, 4) is 51.5 Å². The number of fused-ring (bicyclic) bond motifs is 3. The summed E-state index contributed by atoms with van der Waals surface area (Å²) >= 11 is 0. The lowest BCUT2D eigenvalue weighted by atomic mass is 10.0. The molecule has 0 aliphatic rings. The van der Waals surface area contributed by atoms with Gasteiger partial charge in [0.2, 0.25) is 5.95 Å². The first-order chi connectivity index (χ1) is 24.9. The monoisotopic (exact) mass is 668 g/mol. The molecule has 8 aromatic rings. The molecular weight excluding hydrogens is 633 g/mol. The number of ether oxygens (including phenoxy) is 2. The third kappa shape index (κ3) is 6.51. The maximum Gasteiger partial charge on any atom is 0.237 e. The Kier molecular flexibility index (Phi) is 8.41. The minimum atomic E-state index is 0.415. The Morgan fingerprint density at radius 1 is 0.490 bits per heavy atom. The molecule has 0 unspecified atom stereocenters. The number of hydrogen-bond acceptors (Lipinski definition) is 7. The Morgan fingerprint density at radius 3 is 1.43 bits per heavy atom. The Labute approximate surface area is 296 Å². The Morgan fingerprint density at radius 2 is 0.961 bits per heavy atom. The summed E-state index contributed by atoms with van der Waals surface area (Å²) in [5.74, 6) is 4.13. The third-order valence-electron chi connectivity index (χ3n) is 9.02. The van der Waals surface area contributed by atoms with Crippen molar-refractivity contribution in [3.05, 3.63) is 145 Å². The second kappa shape index (κ2) is 13.5. The average molecular weight is 669 g/mol. The van der Waals surface area contributed by atoms with E-state index in [1.165, 1.54) is 23.8 Å². The highest BCUT2D eigenvalue weighted by molar-refractivity contribution is 6.09. The molecule has 8 heteroatoms. The van der Waals surface area contributed by atoms with Crippen LogP contribution >= 0.6 is 0 Å². The van der Waals surface area contributed by atoms with Crippen molar-refractivity contribution in [1.82, 2.24) is 29.5 Å². The number of hydrogen-bond donors (Lipinski definition) is 0. The van der Waals surface area contributed by atoms with Crippen molar-refractivity contribution in [3.63, 3.8) is 0 Å². The quantitative estimate of drug-likeness (QED) is 0.151. The van der Waals surface area contributed by atoms with E-state index < -0.39 is 0 Å². The standard InChI is InChI=1S/C43H36N6O2/c1-27(2)29-15-17-45-39(21-29)31-7-5-9-33(19-31)50-35-11-13-37-38-14-12-36(24-42(38)49(41(37)23-35)43-47-25-44-26-48-43)51-34-10-6-8-32(20-34)40-22-30(28(3)4)16-18-46-40/h5-28H,1-4H3. The van der Waals surface area contributed by atoms with E-state index in [2.05, 4.69) is 101 Å². The molecule has 0 spiro atoms. The van der Waals surface area contributed by atoms with Gasteiger partial charge in [-0.1, -0.05) is 52.0 Å². The van der Waals surface area contributed by atoms with Crippen LogP contribution in [-0.2, 0) is 0 Å². The molecule has 0 fully saturated rings. The lowest BCUT2D eigenvalue weighted by Gasteiger charge is -2.11. The van der Waals surface area contributed by atoms with Gasteiger partial charge in [0.05, 0.1) is 22.4 Å². The molecule has 4 heterocycles. The molecule has 8 rings (SSSR count). The number of benzene rings is 4. The summed E-state index contributed by atoms with van der Waals surface area (Å²) in [5.41, 5.74) is 8.10. The fraction of sp³-hybridized carbons (Fsp3) is 0.140. The maximum absolute atomic E-state index is 6.46. The average Bonchev–Trinajstić information content (AvgIpc) is 3.48. The minimum absolute atomic E-state index is 0.415. The van der Waals surface area contributed by atoms with Crippen LogP contribution in [0.2, 0.25) is 0 Å². The highest BCUT2D eigenvalue weighted by Gasteiger charge is 2.17. The summed E-state index contributed by atoms with van der Waals surface area (Å²) in [6.07, 6.45) is 6.73. The van der Waals surface area contributed by atoms with Crippen LogP contribution in [0.4, 0.5) is 0 Å². The summed E-state index contributed by atoms with van der Waals surface area (Å²) in [7, 11) is 0. The van der Waals surface area contributed by atoms with Crippen molar-refractivity contribution >= 4 is 21.8 Å². The molecule has 0 N–H and O–H groups in total. The highest BCUT2D eigenvalue weighted by atomic mass is 16.5. The maximum atomic E-state index is 6.46. The summed E-state index contributed by atoms with van der Waals surface area (Å²) in [5, 5.41) is 2.07. The number of rotatable bonds is 9. The molecule has 0 atom stereocenters. The summed E-state index contributed by atoms with van der Waals surface area (Å²) < 4.78 is 14.9. The number of nitrogens with zero attached hydrogens (tertiary/aromatic N) is 6. The molecule has 0 aliphatic carbocycles. The van der Waals surface area contributed by atoms with E-state index in [4.69, 9.17) is 9.47 Å². The van der Waals surface area contributed by atoms with E-state index in [1.54, 1.807) is 0 Å². The molecule has 51 heavy (non-hydrogen) atoms. The molecule has 0 saturated heterocycles. The minimum Gasteiger partial charge on any atom is -0.457 e. The van der Waals surface area contributed by atoms with Crippen molar-refractivity contribution in [2.24, 2.45) is 0 Å². The summed E-state index contributed by atoms with van der Waals surface area (Å²) in [6.45, 7) is 8.74. The molecule has 4 aromatic heterocycles. The third-order valence-corrected chi connectivity index (χ3v) is 9.02. The van der Waals surface area contributed by atoms with Crippen molar-refractivity contribution in [2.75, 3.05) is 0 Å². The second-order valence-electron chi connectivity index (χ2n) is 13.1. The van der Waals surface area contributed by atoms with Gasteiger partial charge in [-0.2, -0.15) is 0 Å². The first-order valence-electron chi connectivity index (χ1n) is 17.1. The summed E-state index contributed by atoms with van der Waals surface area (Å²) in [6, 6.07) is 36.6. The van der Waals surface area contributed by atoms with Gasteiger partial charge < -0.3 is 9.47 Å². The van der Waals surface area contributed by atoms with Gasteiger partial charge >= 0.3 is 0 Å². The molecule has 250 valence electrons. The van der Waals surface area contributed by atoms with E-state index in [0.717, 1.165) is 55.8 Å². The van der Waals surface area contributed by atoms with Crippen LogP contribution in [0.1, 0.15) is 50.7 Å². The molecular formula is C43H36N6O2. The fourth-order valence-electron chi connectivity index (χ4n) is 6.31. The van der Waals surface area contributed by atoms with Gasteiger partial charge in [-0.3, -0.25) is 14.5 Å². The molecule has 4 aromatic carbocycles. The normalized spacial score (nSPS) is 11.5. The predicted octanol–water partition coefficient (Wildman–Crippen LogP) is 10.9. The highest BCUT2D eigenvalue weighted by Crippen LogP contribution is 2.38. The molecule has 0 radical (unpaired) electrons. The van der Waals surface area contributed by atoms with Crippen LogP contribution < -0.4 is 9.47 Å². The van der Waals surface area contributed by atoms with Crippen LogP contribution in [0, 0.1) is 0 Å². The van der Waals surface area contributed by atoms with Crippen LogP contribution in [0.25, 0.3) is 50.3 Å². The number of aromatic nitrogens is 6. The lowest BCUT2D eigenvalue weighted by molar-refractivity contribution is 0.483. The van der Waals surface area contributed by atoms with Gasteiger partial charge in [0.25, 0.3) is 0 Å². The predicted molar refractivity (Wildman–Crippen MR) is 202 cm³/mol. The molecule has 0 saturated carbocycles. The van der Waals surface area contributed by atoms with E-state index in [9.17, 15) is 0 Å². The van der Waals surface area contributed by atoms with Gasteiger partial charge in [0, 0.05) is 46.4 Å². The Hall–Kier alpha value is -6.41. The SMILES string of the molecule is CC(C)c1ccnc(-c2cccc(Oc3ccc4c5ccc(Oc6cccc(-c7cc(C(C)C)ccn7)c6)cc5n(-c5ncncn5)c4c3)c2)c1. The van der Waals surface area contributed by atoms with E-state index in [0.29, 0.717) is 29.3 Å². The van der Waals surface area contributed by atoms with Crippen LogP contribution in [-0.4, -0.2) is 29.5 Å². The largest absolute Gasteiger partial charge is 0.457 e. The van der Waals surface area contributed by atoms with Crippen molar-refractivity contribution < 1.29 is 9.47 Å². The topological polar surface area (TPSA) is 87.8 Å². The van der Waals surface area contributed by atoms with Gasteiger partial charge in [0.15, 0.2) is 0 Å². The number of pyridine rings is 2. The Balaban J connectivity index is 1.15. The first kappa shape index (κ1) is 31.8. The van der Waals surface area contributed by atoms with Crippen LogP contribution in [0.3, 0.4) is 0 Å². The molecule has 0 amide bonds. The van der Waals surface area contributed by atoms with Gasteiger partial charge in [-0.25, -0.2) is 15.0 Å². The zero-order valence-electron chi connectivity index (χ0n) is 28.9. The van der Waals surface area contributed by atoms with Crippen LogP contribution in [0.5, 0.6) is 23.0 Å². The molecule has 8 nitrogen and oxygen atoms in total. The molecule has 0 aliphatic heterocycles. The van der Waals surface area contributed by atoms with Crippen molar-refractivity contribution in [1.29, 1.82) is 0 Å². The van der Waals surface area contributed by atoms with Crippen molar-refractivity contribution in [2.45, 2.75) is 39.5 Å². The van der Waals surface area contributed by atoms with Crippen LogP contribution in [0.15, 0.2) is 134 Å². The lowest BCUT2D eigenvalue weighted by Crippen LogP contribution is -2.01. The zero-order valence-corrected chi connectivity index (χ0v) is 28.9. The Bertz CT molecular complexity index is 2350. The fourth-order valence-corrected chi connectivity index (χ4v) is 6.31. The van der Waals surface area contributed by atoms with Gasteiger partial charge in [-0.05, 0) is 95.8 Å².